The van der Waals surface area contributed by atoms with Gasteiger partial charge in [-0.05, 0) is 74.7 Å². The van der Waals surface area contributed by atoms with E-state index in [4.69, 9.17) is 23.2 Å². The topological polar surface area (TPSA) is 197 Å². The van der Waals surface area contributed by atoms with Crippen molar-refractivity contribution in [3.05, 3.63) is 146 Å². The van der Waals surface area contributed by atoms with Crippen LogP contribution >= 0.6 is 45.9 Å². The summed E-state index contributed by atoms with van der Waals surface area (Å²) in [5.41, 5.74) is 5.91. The van der Waals surface area contributed by atoms with E-state index in [2.05, 4.69) is 79.8 Å². The van der Waals surface area contributed by atoms with Crippen LogP contribution in [-0.4, -0.2) is 59.8 Å². The second kappa shape index (κ2) is 22.6. The summed E-state index contributed by atoms with van der Waals surface area (Å²) in [6.45, 7) is 8.93. The number of halogens is 2. The molecule has 0 fully saturated rings. The fourth-order valence-electron chi connectivity index (χ4n) is 5.54. The van der Waals surface area contributed by atoms with Gasteiger partial charge >= 0.3 is 0 Å². The van der Waals surface area contributed by atoms with Crippen molar-refractivity contribution in [1.29, 1.82) is 0 Å². The summed E-state index contributed by atoms with van der Waals surface area (Å²) >= 11 is 14.9. The molecule has 2 amide bonds. The number of thiazole rings is 2. The molecule has 0 atom stereocenters. The number of benzene rings is 2. The minimum atomic E-state index is -0.266. The molecule has 15 nitrogen and oxygen atoms in total. The Hall–Kier alpha value is -5.95. The lowest BCUT2D eigenvalue weighted by atomic mass is 10.2. The lowest BCUT2D eigenvalue weighted by Gasteiger charge is -2.08. The maximum Gasteiger partial charge on any atom is 0.267 e. The van der Waals surface area contributed by atoms with Crippen LogP contribution in [0.15, 0.2) is 98.1 Å². The zero-order valence-corrected chi connectivity index (χ0v) is 36.6. The first kappa shape index (κ1) is 44.6. The first-order valence-electron chi connectivity index (χ1n) is 19.2. The van der Waals surface area contributed by atoms with Crippen LogP contribution in [0.2, 0.25) is 10.0 Å². The molecule has 0 aliphatic carbocycles. The fraction of sp³-hybridized carbons (Fsp3) is 0.214. The lowest BCUT2D eigenvalue weighted by molar-refractivity contribution is 0.102. The van der Waals surface area contributed by atoms with Crippen molar-refractivity contribution < 1.29 is 9.59 Å². The third-order valence-corrected chi connectivity index (χ3v) is 11.1. The number of nitrogens with zero attached hydrogens (tertiary/aromatic N) is 7. The number of para-hydroxylation sites is 2. The monoisotopic (exact) mass is 895 g/mol. The maximum absolute atomic E-state index is 12.6. The number of carbonyl (C=O) groups is 2. The van der Waals surface area contributed by atoms with Crippen molar-refractivity contribution in [3.8, 4) is 0 Å². The quantitative estimate of drug-likeness (QED) is 0.0474. The molecule has 0 bridgehead atoms. The highest BCUT2D eigenvalue weighted by molar-refractivity contribution is 7.18. The van der Waals surface area contributed by atoms with E-state index in [9.17, 15) is 9.59 Å². The van der Waals surface area contributed by atoms with Gasteiger partial charge < -0.3 is 31.9 Å². The molecule has 7 rings (SSSR count). The van der Waals surface area contributed by atoms with Crippen molar-refractivity contribution in [3.63, 3.8) is 0 Å². The molecular weight excluding hydrogens is 854 g/mol. The molecule has 0 saturated heterocycles. The molecule has 19 heteroatoms. The molecule has 7 aromatic rings. The van der Waals surface area contributed by atoms with Gasteiger partial charge in [0.1, 0.15) is 34.0 Å². The van der Waals surface area contributed by atoms with E-state index in [-0.39, 0.29) is 11.8 Å². The Balaban J connectivity index is 0.000000207. The van der Waals surface area contributed by atoms with E-state index in [1.807, 2.05) is 62.5 Å². The number of anilines is 6. The Kier molecular flexibility index (Phi) is 16.5. The van der Waals surface area contributed by atoms with Crippen molar-refractivity contribution in [2.45, 2.75) is 46.7 Å². The second-order valence-corrected chi connectivity index (χ2v) is 16.2. The van der Waals surface area contributed by atoms with Gasteiger partial charge in [-0.25, -0.2) is 29.9 Å². The van der Waals surface area contributed by atoms with Crippen molar-refractivity contribution >= 4 is 91.0 Å². The molecular formula is C42H43Cl2N13O2S2. The van der Waals surface area contributed by atoms with Crippen molar-refractivity contribution in [1.82, 2.24) is 45.5 Å². The molecule has 5 aromatic heterocycles. The highest BCUT2D eigenvalue weighted by Gasteiger charge is 2.16. The van der Waals surface area contributed by atoms with Gasteiger partial charge in [0.15, 0.2) is 10.3 Å². The summed E-state index contributed by atoms with van der Waals surface area (Å²) in [4.78, 5) is 55.8. The van der Waals surface area contributed by atoms with Gasteiger partial charge in [0.05, 0.1) is 45.2 Å². The van der Waals surface area contributed by atoms with Gasteiger partial charge in [-0.15, -0.1) is 0 Å². The fourth-order valence-corrected chi connectivity index (χ4v) is 7.51. The minimum absolute atomic E-state index is 0.256. The van der Waals surface area contributed by atoms with Crippen molar-refractivity contribution in [2.24, 2.45) is 0 Å². The summed E-state index contributed by atoms with van der Waals surface area (Å²) in [6.07, 6.45) is 11.6. The van der Waals surface area contributed by atoms with Gasteiger partial charge in [-0.3, -0.25) is 14.6 Å². The molecule has 6 N–H and O–H groups in total. The summed E-state index contributed by atoms with van der Waals surface area (Å²) in [5.74, 6) is 0.718. The van der Waals surface area contributed by atoms with E-state index in [1.165, 1.54) is 53.3 Å². The first-order chi connectivity index (χ1) is 29.6. The van der Waals surface area contributed by atoms with Crippen LogP contribution in [-0.2, 0) is 19.5 Å². The molecule has 0 aliphatic rings. The van der Waals surface area contributed by atoms with Crippen LogP contribution in [0.4, 0.5) is 33.3 Å². The Morgan fingerprint density at radius 2 is 1.16 bits per heavy atom. The van der Waals surface area contributed by atoms with Crippen LogP contribution in [0.3, 0.4) is 0 Å². The number of amides is 2. The number of pyridine rings is 1. The molecule has 2 aromatic carbocycles. The Labute approximate surface area is 371 Å². The van der Waals surface area contributed by atoms with Crippen LogP contribution < -0.4 is 31.9 Å². The maximum atomic E-state index is 12.6. The summed E-state index contributed by atoms with van der Waals surface area (Å²) in [6, 6.07) is 18.6. The van der Waals surface area contributed by atoms with Crippen LogP contribution in [0.5, 0.6) is 0 Å². The Morgan fingerprint density at radius 3 is 1.64 bits per heavy atom. The predicted molar refractivity (Wildman–Crippen MR) is 245 cm³/mol. The second-order valence-electron chi connectivity index (χ2n) is 13.3. The Morgan fingerprint density at radius 1 is 0.639 bits per heavy atom. The number of nitrogens with one attached hydrogen (secondary N) is 6. The zero-order valence-electron chi connectivity index (χ0n) is 33.5. The number of carbonyl (C=O) groups excluding carboxylic acids is 2. The van der Waals surface area contributed by atoms with Crippen molar-refractivity contribution in [2.75, 3.05) is 34.4 Å². The molecule has 0 unspecified atom stereocenters. The average Bonchev–Trinajstić information content (AvgIpc) is 3.94. The highest BCUT2D eigenvalue weighted by Crippen LogP contribution is 2.29. The van der Waals surface area contributed by atoms with Crippen LogP contribution in [0, 0.1) is 13.8 Å². The zero-order chi connectivity index (χ0) is 43.0. The largest absolute Gasteiger partial charge is 0.320 e. The number of hydrogen-bond acceptors (Lipinski definition) is 15. The SMILES string of the molecule is CCCNCc1cc(Nc2ncc(C(=O)Nc3c(C)cccc3Cl)s2)ncn1.Cc1cccc(Cl)c1NC(=O)c1cnc(Nc2cc(CNCCc3cccnc3)ncn2)s1. The summed E-state index contributed by atoms with van der Waals surface area (Å²) < 4.78 is 0. The number of aryl methyl sites for hydroxylation is 2. The molecule has 5 heterocycles. The summed E-state index contributed by atoms with van der Waals surface area (Å²) in [5, 5.41) is 20.8. The van der Waals surface area contributed by atoms with Gasteiger partial charge in [0.2, 0.25) is 0 Å². The Bertz CT molecular complexity index is 2500. The molecule has 0 spiro atoms. The number of aromatic nitrogens is 7. The lowest BCUT2D eigenvalue weighted by Crippen LogP contribution is -2.17. The molecule has 0 saturated carbocycles. The normalized spacial score (nSPS) is 10.7. The number of rotatable bonds is 17. The minimum Gasteiger partial charge on any atom is -0.320 e. The van der Waals surface area contributed by atoms with E-state index >= 15 is 0 Å². The van der Waals surface area contributed by atoms with Gasteiger partial charge in [0.25, 0.3) is 11.8 Å². The van der Waals surface area contributed by atoms with E-state index in [1.54, 1.807) is 18.3 Å². The van der Waals surface area contributed by atoms with Gasteiger partial charge in [0, 0.05) is 37.6 Å². The highest BCUT2D eigenvalue weighted by atomic mass is 35.5. The molecule has 0 aliphatic heterocycles. The standard InChI is InChI=1S/C23H22ClN7OS.C19H21ClN6OS/c1-15-4-2-6-18(24)21(15)31-22(32)19-13-27-23(33-19)30-20-10-17(28-14-29-20)12-26-9-7-16-5-3-8-25-11-16;1-3-7-21-9-13-8-16(24-11-23-13)25-19-22-10-15(28-19)18(27)26-17-12(2)5-4-6-14(17)20/h2-6,8,10-11,13-14,26H,7,9,12H2,1H3,(H,31,32)(H,27,28,29,30);4-6,8,10-11,21H,3,7,9H2,1-2H3,(H,26,27)(H,22,23,24,25). The predicted octanol–water partition coefficient (Wildman–Crippen LogP) is 9.01. The van der Waals surface area contributed by atoms with Gasteiger partial charge in [-0.1, -0.05) is 83.1 Å². The van der Waals surface area contributed by atoms with Gasteiger partial charge in [-0.2, -0.15) is 0 Å². The van der Waals surface area contributed by atoms with E-state index in [0.29, 0.717) is 66.2 Å². The average molecular weight is 897 g/mol. The smallest absolute Gasteiger partial charge is 0.267 e. The first-order valence-corrected chi connectivity index (χ1v) is 21.5. The molecule has 0 radical (unpaired) electrons. The molecule has 314 valence electrons. The van der Waals surface area contributed by atoms with Crippen LogP contribution in [0.25, 0.3) is 0 Å². The number of hydrogen-bond donors (Lipinski definition) is 6. The third kappa shape index (κ3) is 13.5. The molecule has 61 heavy (non-hydrogen) atoms. The van der Waals surface area contributed by atoms with E-state index in [0.717, 1.165) is 48.4 Å². The van der Waals surface area contributed by atoms with E-state index < -0.39 is 0 Å². The van der Waals surface area contributed by atoms with Crippen LogP contribution in [0.1, 0.15) is 60.8 Å². The third-order valence-electron chi connectivity index (χ3n) is 8.65. The summed E-state index contributed by atoms with van der Waals surface area (Å²) in [7, 11) is 0.